The van der Waals surface area contributed by atoms with Gasteiger partial charge in [0.25, 0.3) is 0 Å². The molecule has 19 heavy (non-hydrogen) atoms. The maximum atomic E-state index is 11.6. The highest BCUT2D eigenvalue weighted by Gasteiger charge is 2.12. The Hall–Kier alpha value is -1.10. The Bertz CT molecular complexity index is 285. The zero-order chi connectivity index (χ0) is 14.9. The SMILES string of the molecule is CCC(CCNC(=O)CNC(C)(C)C)CCC(=O)O. The van der Waals surface area contributed by atoms with Crippen LogP contribution in [0.25, 0.3) is 0 Å². The van der Waals surface area contributed by atoms with Crippen LogP contribution in [0.15, 0.2) is 0 Å². The van der Waals surface area contributed by atoms with Gasteiger partial charge in [0.05, 0.1) is 6.54 Å². The fourth-order valence-electron chi connectivity index (χ4n) is 1.70. The molecule has 0 aromatic carbocycles. The van der Waals surface area contributed by atoms with Gasteiger partial charge in [-0.05, 0) is 39.5 Å². The Morgan fingerprint density at radius 1 is 1.21 bits per heavy atom. The molecule has 0 heterocycles. The second-order valence-electron chi connectivity index (χ2n) is 5.95. The smallest absolute Gasteiger partial charge is 0.303 e. The maximum absolute atomic E-state index is 11.6. The molecule has 0 aromatic heterocycles. The lowest BCUT2D eigenvalue weighted by Gasteiger charge is -2.20. The molecule has 0 radical (unpaired) electrons. The molecule has 1 unspecified atom stereocenters. The van der Waals surface area contributed by atoms with Crippen LogP contribution in [-0.4, -0.2) is 35.6 Å². The largest absolute Gasteiger partial charge is 0.481 e. The first-order valence-electron chi connectivity index (χ1n) is 6.98. The van der Waals surface area contributed by atoms with Crippen molar-refractivity contribution in [2.24, 2.45) is 5.92 Å². The molecule has 0 spiro atoms. The van der Waals surface area contributed by atoms with Gasteiger partial charge in [-0.2, -0.15) is 0 Å². The zero-order valence-electron chi connectivity index (χ0n) is 12.6. The summed E-state index contributed by atoms with van der Waals surface area (Å²) in [5.74, 6) is -0.396. The predicted octanol–water partition coefficient (Wildman–Crippen LogP) is 1.77. The van der Waals surface area contributed by atoms with Crippen LogP contribution in [0.3, 0.4) is 0 Å². The maximum Gasteiger partial charge on any atom is 0.303 e. The van der Waals surface area contributed by atoms with E-state index in [4.69, 9.17) is 5.11 Å². The van der Waals surface area contributed by atoms with E-state index in [0.717, 1.165) is 12.8 Å². The highest BCUT2D eigenvalue weighted by Crippen LogP contribution is 2.14. The van der Waals surface area contributed by atoms with E-state index in [9.17, 15) is 9.59 Å². The van der Waals surface area contributed by atoms with Crippen molar-refractivity contribution < 1.29 is 14.7 Å². The number of carboxylic acid groups (broad SMARTS) is 1. The van der Waals surface area contributed by atoms with Crippen LogP contribution < -0.4 is 10.6 Å². The summed E-state index contributed by atoms with van der Waals surface area (Å²) in [6.07, 6.45) is 2.68. The standard InChI is InChI=1S/C14H28N2O3/c1-5-11(6-7-13(18)19)8-9-15-12(17)10-16-14(2,3)4/h11,16H,5-10H2,1-4H3,(H,15,17)(H,18,19). The van der Waals surface area contributed by atoms with Gasteiger partial charge in [-0.3, -0.25) is 9.59 Å². The van der Waals surface area contributed by atoms with E-state index >= 15 is 0 Å². The second kappa shape index (κ2) is 8.91. The monoisotopic (exact) mass is 272 g/mol. The lowest BCUT2D eigenvalue weighted by Crippen LogP contribution is -2.43. The van der Waals surface area contributed by atoms with Crippen molar-refractivity contribution in [2.45, 2.75) is 58.9 Å². The molecule has 1 atom stereocenters. The van der Waals surface area contributed by atoms with Crippen LogP contribution in [-0.2, 0) is 9.59 Å². The van der Waals surface area contributed by atoms with Crippen molar-refractivity contribution in [3.63, 3.8) is 0 Å². The Balaban J connectivity index is 3.75. The highest BCUT2D eigenvalue weighted by molar-refractivity contribution is 5.78. The van der Waals surface area contributed by atoms with E-state index in [-0.39, 0.29) is 17.9 Å². The summed E-state index contributed by atoms with van der Waals surface area (Å²) in [7, 11) is 0. The van der Waals surface area contributed by atoms with Gasteiger partial charge in [-0.25, -0.2) is 0 Å². The molecule has 0 saturated carbocycles. The number of amides is 1. The Labute approximate surface area is 116 Å². The molecular weight excluding hydrogens is 244 g/mol. The number of carbonyl (C=O) groups excluding carboxylic acids is 1. The average Bonchev–Trinajstić information content (AvgIpc) is 2.29. The molecule has 0 aromatic rings. The number of carbonyl (C=O) groups is 2. The number of nitrogens with one attached hydrogen (secondary N) is 2. The van der Waals surface area contributed by atoms with E-state index in [1.54, 1.807) is 0 Å². The van der Waals surface area contributed by atoms with Gasteiger partial charge in [0.2, 0.25) is 5.91 Å². The molecule has 1 amide bonds. The lowest BCUT2D eigenvalue weighted by molar-refractivity contribution is -0.137. The minimum Gasteiger partial charge on any atom is -0.481 e. The summed E-state index contributed by atoms with van der Waals surface area (Å²) in [5.41, 5.74) is -0.0647. The molecule has 0 aliphatic carbocycles. The van der Waals surface area contributed by atoms with E-state index in [1.165, 1.54) is 0 Å². The molecule has 0 aliphatic rings. The summed E-state index contributed by atoms with van der Waals surface area (Å²) in [4.78, 5) is 22.1. The zero-order valence-corrected chi connectivity index (χ0v) is 12.6. The summed E-state index contributed by atoms with van der Waals surface area (Å²) in [5, 5.41) is 14.6. The third-order valence-electron chi connectivity index (χ3n) is 3.00. The fourth-order valence-corrected chi connectivity index (χ4v) is 1.70. The van der Waals surface area contributed by atoms with E-state index in [0.29, 0.717) is 25.4 Å². The van der Waals surface area contributed by atoms with Crippen LogP contribution in [0, 0.1) is 5.92 Å². The van der Waals surface area contributed by atoms with Crippen LogP contribution in [0.1, 0.15) is 53.4 Å². The van der Waals surface area contributed by atoms with Gasteiger partial charge in [-0.1, -0.05) is 13.3 Å². The Morgan fingerprint density at radius 3 is 2.32 bits per heavy atom. The Morgan fingerprint density at radius 2 is 1.84 bits per heavy atom. The van der Waals surface area contributed by atoms with Crippen molar-refractivity contribution >= 4 is 11.9 Å². The quantitative estimate of drug-likeness (QED) is 0.598. The normalized spacial score (nSPS) is 13.1. The van der Waals surface area contributed by atoms with E-state index < -0.39 is 5.97 Å². The molecule has 0 saturated heterocycles. The summed E-state index contributed by atoms with van der Waals surface area (Å²) in [6.45, 7) is 9.02. The number of aliphatic carboxylic acids is 1. The lowest BCUT2D eigenvalue weighted by atomic mass is 9.97. The number of carboxylic acids is 1. The van der Waals surface area contributed by atoms with Gasteiger partial charge in [0.1, 0.15) is 0 Å². The average molecular weight is 272 g/mol. The molecule has 0 bridgehead atoms. The van der Waals surface area contributed by atoms with Crippen molar-refractivity contribution in [1.29, 1.82) is 0 Å². The molecule has 0 rings (SSSR count). The first-order chi connectivity index (χ1) is 8.74. The summed E-state index contributed by atoms with van der Waals surface area (Å²) in [6, 6.07) is 0. The minimum absolute atomic E-state index is 0.0111. The third-order valence-corrected chi connectivity index (χ3v) is 3.00. The highest BCUT2D eigenvalue weighted by atomic mass is 16.4. The molecule has 0 fully saturated rings. The summed E-state index contributed by atoms with van der Waals surface area (Å²) >= 11 is 0. The van der Waals surface area contributed by atoms with Gasteiger partial charge in [0.15, 0.2) is 0 Å². The van der Waals surface area contributed by atoms with Crippen molar-refractivity contribution in [2.75, 3.05) is 13.1 Å². The van der Waals surface area contributed by atoms with E-state index in [2.05, 4.69) is 17.6 Å². The minimum atomic E-state index is -0.753. The van der Waals surface area contributed by atoms with Crippen LogP contribution in [0.5, 0.6) is 0 Å². The van der Waals surface area contributed by atoms with Crippen LogP contribution in [0.2, 0.25) is 0 Å². The first kappa shape index (κ1) is 17.9. The second-order valence-corrected chi connectivity index (χ2v) is 5.95. The Kier molecular flexibility index (Phi) is 8.39. The number of rotatable bonds is 9. The molecule has 112 valence electrons. The van der Waals surface area contributed by atoms with Gasteiger partial charge >= 0.3 is 5.97 Å². The van der Waals surface area contributed by atoms with Gasteiger partial charge < -0.3 is 15.7 Å². The summed E-state index contributed by atoms with van der Waals surface area (Å²) < 4.78 is 0. The van der Waals surface area contributed by atoms with Gasteiger partial charge in [-0.15, -0.1) is 0 Å². The molecule has 5 nitrogen and oxygen atoms in total. The molecular formula is C14H28N2O3. The van der Waals surface area contributed by atoms with Crippen molar-refractivity contribution in [3.05, 3.63) is 0 Å². The van der Waals surface area contributed by atoms with Crippen LogP contribution in [0.4, 0.5) is 0 Å². The topological polar surface area (TPSA) is 78.4 Å². The molecule has 5 heteroatoms. The number of hydrogen-bond donors (Lipinski definition) is 3. The predicted molar refractivity (Wildman–Crippen MR) is 76.0 cm³/mol. The molecule has 0 aliphatic heterocycles. The van der Waals surface area contributed by atoms with Crippen molar-refractivity contribution in [3.8, 4) is 0 Å². The van der Waals surface area contributed by atoms with Gasteiger partial charge in [0, 0.05) is 18.5 Å². The third kappa shape index (κ3) is 11.7. The fraction of sp³-hybridized carbons (Fsp3) is 0.857. The molecule has 3 N–H and O–H groups in total. The van der Waals surface area contributed by atoms with Crippen molar-refractivity contribution in [1.82, 2.24) is 10.6 Å². The number of hydrogen-bond acceptors (Lipinski definition) is 3. The van der Waals surface area contributed by atoms with E-state index in [1.807, 2.05) is 20.8 Å². The van der Waals surface area contributed by atoms with Crippen LogP contribution >= 0.6 is 0 Å². The first-order valence-corrected chi connectivity index (χ1v) is 6.98.